The van der Waals surface area contributed by atoms with E-state index >= 15 is 0 Å². The molecule has 1 N–H and O–H groups in total. The van der Waals surface area contributed by atoms with Crippen LogP contribution in [0.3, 0.4) is 0 Å². The van der Waals surface area contributed by atoms with Crippen LogP contribution in [0.1, 0.15) is 32.3 Å². The topological polar surface area (TPSA) is 34.2 Å². The molecule has 0 saturated carbocycles. The van der Waals surface area contributed by atoms with Gasteiger partial charge in [-0.15, -0.1) is 0 Å². The van der Waals surface area contributed by atoms with E-state index in [-0.39, 0.29) is 5.75 Å². The van der Waals surface area contributed by atoms with Gasteiger partial charge in [0.05, 0.1) is 0 Å². The maximum absolute atomic E-state index is 13.2. The first-order valence-electron chi connectivity index (χ1n) is 7.40. The number of hydrogen-bond acceptors (Lipinski definition) is 3. The summed E-state index contributed by atoms with van der Waals surface area (Å²) in [5.74, 6) is -1.22. The summed E-state index contributed by atoms with van der Waals surface area (Å²) in [6.07, 6.45) is 3.80. The van der Waals surface area contributed by atoms with Gasteiger partial charge in [-0.3, -0.25) is 0 Å². The second kappa shape index (κ2) is 7.84. The smallest absolute Gasteiger partial charge is 0.223 e. The van der Waals surface area contributed by atoms with Crippen LogP contribution in [0.2, 0.25) is 0 Å². The summed E-state index contributed by atoms with van der Waals surface area (Å²) in [5.41, 5.74) is 0.871. The quantitative estimate of drug-likeness (QED) is 0.821. The van der Waals surface area contributed by atoms with E-state index in [2.05, 4.69) is 24.1 Å². The fourth-order valence-electron chi connectivity index (χ4n) is 2.12. The van der Waals surface area contributed by atoms with Gasteiger partial charge in [0, 0.05) is 30.4 Å². The van der Waals surface area contributed by atoms with Crippen molar-refractivity contribution in [1.82, 2.24) is 10.3 Å². The Balaban J connectivity index is 2.09. The molecule has 1 heterocycles. The molecule has 1 unspecified atom stereocenters. The van der Waals surface area contributed by atoms with E-state index in [4.69, 9.17) is 4.74 Å². The number of benzene rings is 1. The van der Waals surface area contributed by atoms with Crippen molar-refractivity contribution in [2.75, 3.05) is 0 Å². The molecular weight excluding hydrogens is 286 g/mol. The average Bonchev–Trinajstić information content (AvgIpc) is 2.50. The minimum atomic E-state index is -0.940. The molecule has 1 aromatic heterocycles. The van der Waals surface area contributed by atoms with Gasteiger partial charge in [-0.1, -0.05) is 19.4 Å². The number of ether oxygens (including phenoxy) is 1. The maximum Gasteiger partial charge on any atom is 0.223 e. The van der Waals surface area contributed by atoms with Crippen molar-refractivity contribution >= 4 is 0 Å². The minimum Gasteiger partial charge on any atom is -0.439 e. The number of pyridine rings is 1. The van der Waals surface area contributed by atoms with E-state index in [0.717, 1.165) is 30.5 Å². The first-order valence-corrected chi connectivity index (χ1v) is 7.40. The van der Waals surface area contributed by atoms with Crippen molar-refractivity contribution in [1.29, 1.82) is 0 Å². The number of aromatic nitrogens is 1. The fourth-order valence-corrected chi connectivity index (χ4v) is 2.12. The van der Waals surface area contributed by atoms with Crippen LogP contribution in [0.4, 0.5) is 8.78 Å². The molecule has 0 aliphatic carbocycles. The van der Waals surface area contributed by atoms with Crippen LogP contribution in [0, 0.1) is 11.6 Å². The molecule has 0 saturated heterocycles. The number of rotatable bonds is 7. The summed E-state index contributed by atoms with van der Waals surface area (Å²) in [6, 6.07) is 7.54. The van der Waals surface area contributed by atoms with Gasteiger partial charge in [0.15, 0.2) is 11.6 Å². The highest BCUT2D eigenvalue weighted by atomic mass is 19.2. The lowest BCUT2D eigenvalue weighted by molar-refractivity contribution is 0.435. The van der Waals surface area contributed by atoms with Crippen molar-refractivity contribution in [3.63, 3.8) is 0 Å². The molecule has 3 nitrogen and oxygen atoms in total. The highest BCUT2D eigenvalue weighted by Crippen LogP contribution is 2.24. The van der Waals surface area contributed by atoms with E-state index < -0.39 is 11.6 Å². The lowest BCUT2D eigenvalue weighted by Crippen LogP contribution is -2.25. The third kappa shape index (κ3) is 4.49. The van der Waals surface area contributed by atoms with E-state index in [1.807, 2.05) is 12.1 Å². The van der Waals surface area contributed by atoms with Crippen LogP contribution in [0.5, 0.6) is 11.6 Å². The molecule has 0 fully saturated rings. The lowest BCUT2D eigenvalue weighted by atomic mass is 10.2. The molecule has 0 bridgehead atoms. The number of halogens is 2. The minimum absolute atomic E-state index is 0.223. The zero-order valence-corrected chi connectivity index (χ0v) is 12.8. The molecule has 1 atom stereocenters. The van der Waals surface area contributed by atoms with Crippen LogP contribution < -0.4 is 10.1 Å². The largest absolute Gasteiger partial charge is 0.439 e. The van der Waals surface area contributed by atoms with Gasteiger partial charge < -0.3 is 10.1 Å². The Morgan fingerprint density at radius 1 is 1.23 bits per heavy atom. The molecule has 5 heteroatoms. The molecule has 1 aromatic carbocycles. The summed E-state index contributed by atoms with van der Waals surface area (Å²) in [5, 5.41) is 3.39. The Hall–Kier alpha value is -2.01. The highest BCUT2D eigenvalue weighted by molar-refractivity contribution is 5.32. The van der Waals surface area contributed by atoms with Gasteiger partial charge in [0.2, 0.25) is 5.88 Å². The number of nitrogens with zero attached hydrogens (tertiary/aromatic N) is 1. The van der Waals surface area contributed by atoms with Crippen molar-refractivity contribution in [2.45, 2.75) is 39.3 Å². The number of hydrogen-bond donors (Lipinski definition) is 1. The molecule has 0 radical (unpaired) electrons. The van der Waals surface area contributed by atoms with E-state index in [1.165, 1.54) is 6.07 Å². The summed E-state index contributed by atoms with van der Waals surface area (Å²) in [6.45, 7) is 4.86. The molecule has 118 valence electrons. The zero-order valence-electron chi connectivity index (χ0n) is 12.8. The SMILES string of the molecule is CCCC(C)NCc1cccnc1Oc1ccc(F)c(F)c1. The van der Waals surface area contributed by atoms with Crippen molar-refractivity contribution in [3.8, 4) is 11.6 Å². The Morgan fingerprint density at radius 3 is 2.77 bits per heavy atom. The van der Waals surface area contributed by atoms with Gasteiger partial charge in [-0.05, 0) is 31.5 Å². The van der Waals surface area contributed by atoms with Crippen LogP contribution in [-0.2, 0) is 6.54 Å². The van der Waals surface area contributed by atoms with Gasteiger partial charge >= 0.3 is 0 Å². The lowest BCUT2D eigenvalue weighted by Gasteiger charge is -2.14. The van der Waals surface area contributed by atoms with Crippen LogP contribution in [-0.4, -0.2) is 11.0 Å². The van der Waals surface area contributed by atoms with Crippen molar-refractivity contribution < 1.29 is 13.5 Å². The molecular formula is C17H20F2N2O. The van der Waals surface area contributed by atoms with Crippen molar-refractivity contribution in [2.24, 2.45) is 0 Å². The van der Waals surface area contributed by atoms with Gasteiger partial charge in [-0.2, -0.15) is 0 Å². The Bertz CT molecular complexity index is 619. The molecule has 22 heavy (non-hydrogen) atoms. The van der Waals surface area contributed by atoms with Crippen LogP contribution in [0.15, 0.2) is 36.5 Å². The maximum atomic E-state index is 13.2. The standard InChI is InChI=1S/C17H20F2N2O/c1-3-5-12(2)21-11-13-6-4-9-20-17(13)22-14-7-8-15(18)16(19)10-14/h4,6-10,12,21H,3,5,11H2,1-2H3. The predicted octanol–water partition coefficient (Wildman–Crippen LogP) is 4.43. The molecule has 0 aliphatic heterocycles. The van der Waals surface area contributed by atoms with Gasteiger partial charge in [-0.25, -0.2) is 13.8 Å². The number of nitrogens with one attached hydrogen (secondary N) is 1. The first kappa shape index (κ1) is 16.4. The van der Waals surface area contributed by atoms with E-state index in [9.17, 15) is 8.78 Å². The Labute approximate surface area is 129 Å². The predicted molar refractivity (Wildman–Crippen MR) is 81.9 cm³/mol. The summed E-state index contributed by atoms with van der Waals surface area (Å²) >= 11 is 0. The molecule has 2 aromatic rings. The first-order chi connectivity index (χ1) is 10.6. The molecule has 2 rings (SSSR count). The summed E-state index contributed by atoms with van der Waals surface area (Å²) < 4.78 is 31.8. The average molecular weight is 306 g/mol. The van der Waals surface area contributed by atoms with E-state index in [1.54, 1.807) is 6.20 Å². The summed E-state index contributed by atoms with van der Waals surface area (Å²) in [7, 11) is 0. The second-order valence-corrected chi connectivity index (χ2v) is 5.22. The Morgan fingerprint density at radius 2 is 2.05 bits per heavy atom. The third-order valence-corrected chi connectivity index (χ3v) is 3.32. The second-order valence-electron chi connectivity index (χ2n) is 5.22. The Kier molecular flexibility index (Phi) is 5.83. The monoisotopic (exact) mass is 306 g/mol. The molecule has 0 spiro atoms. The fraction of sp³-hybridized carbons (Fsp3) is 0.353. The van der Waals surface area contributed by atoms with E-state index in [0.29, 0.717) is 18.5 Å². The summed E-state index contributed by atoms with van der Waals surface area (Å²) in [4.78, 5) is 4.17. The van der Waals surface area contributed by atoms with Crippen LogP contribution in [0.25, 0.3) is 0 Å². The highest BCUT2D eigenvalue weighted by Gasteiger charge is 2.09. The normalized spacial score (nSPS) is 12.2. The molecule has 0 aliphatic rings. The molecule has 0 amide bonds. The van der Waals surface area contributed by atoms with Gasteiger partial charge in [0.1, 0.15) is 5.75 Å². The van der Waals surface area contributed by atoms with Crippen molar-refractivity contribution in [3.05, 3.63) is 53.7 Å². The van der Waals surface area contributed by atoms with Crippen LogP contribution >= 0.6 is 0 Å². The third-order valence-electron chi connectivity index (χ3n) is 3.32. The zero-order chi connectivity index (χ0) is 15.9. The van der Waals surface area contributed by atoms with Gasteiger partial charge in [0.25, 0.3) is 0 Å².